The minimum atomic E-state index is -0.777. The third kappa shape index (κ3) is 38.9. The highest BCUT2D eigenvalue weighted by molar-refractivity contribution is 5.71. The molecule has 52 heavy (non-hydrogen) atoms. The number of unbranched alkanes of at least 4 members (excludes halogenated alkanes) is 22. The van der Waals surface area contributed by atoms with Crippen LogP contribution < -0.4 is 0 Å². The number of allylic oxidation sites excluding steroid dienone is 6. The lowest BCUT2D eigenvalue weighted by atomic mass is 10.1. The van der Waals surface area contributed by atoms with Crippen LogP contribution in [0.3, 0.4) is 0 Å². The van der Waals surface area contributed by atoms with Gasteiger partial charge in [-0.2, -0.15) is 0 Å². The van der Waals surface area contributed by atoms with Crippen molar-refractivity contribution in [1.82, 2.24) is 0 Å². The van der Waals surface area contributed by atoms with E-state index in [1.807, 2.05) is 0 Å². The van der Waals surface area contributed by atoms with Gasteiger partial charge in [-0.3, -0.25) is 14.4 Å². The molecule has 0 aromatic heterocycles. The van der Waals surface area contributed by atoms with Crippen molar-refractivity contribution in [3.8, 4) is 0 Å². The third-order valence-electron chi connectivity index (χ3n) is 9.34. The molecule has 1 unspecified atom stereocenters. The molecule has 0 aliphatic rings. The molecule has 0 aliphatic heterocycles. The molecular weight excluding hydrogens is 648 g/mol. The first-order valence-corrected chi connectivity index (χ1v) is 22.0. The molecule has 0 heterocycles. The fourth-order valence-electron chi connectivity index (χ4n) is 5.93. The average Bonchev–Trinajstić information content (AvgIpc) is 3.14. The summed E-state index contributed by atoms with van der Waals surface area (Å²) in [7, 11) is 0. The Labute approximate surface area is 321 Å². The maximum absolute atomic E-state index is 12.7. The summed E-state index contributed by atoms with van der Waals surface area (Å²) in [6.07, 6.45) is 45.5. The van der Waals surface area contributed by atoms with E-state index in [0.717, 1.165) is 83.5 Å². The van der Waals surface area contributed by atoms with E-state index in [1.54, 1.807) is 0 Å². The van der Waals surface area contributed by atoms with Crippen molar-refractivity contribution in [2.75, 3.05) is 13.2 Å². The zero-order chi connectivity index (χ0) is 38.0. The second-order valence-corrected chi connectivity index (χ2v) is 14.6. The molecule has 0 spiro atoms. The highest BCUT2D eigenvalue weighted by Gasteiger charge is 2.19. The van der Waals surface area contributed by atoms with E-state index in [4.69, 9.17) is 14.2 Å². The van der Waals surface area contributed by atoms with Gasteiger partial charge in [0.15, 0.2) is 6.10 Å². The first-order chi connectivity index (χ1) is 25.5. The topological polar surface area (TPSA) is 78.9 Å². The van der Waals surface area contributed by atoms with Crippen LogP contribution in [-0.2, 0) is 28.6 Å². The van der Waals surface area contributed by atoms with Gasteiger partial charge in [0.1, 0.15) is 13.2 Å². The van der Waals surface area contributed by atoms with Crippen molar-refractivity contribution in [3.05, 3.63) is 36.5 Å². The van der Waals surface area contributed by atoms with Crippen LogP contribution in [0.25, 0.3) is 0 Å². The largest absolute Gasteiger partial charge is 0.462 e. The van der Waals surface area contributed by atoms with Crippen molar-refractivity contribution < 1.29 is 28.6 Å². The molecular formula is C46H82O6. The van der Waals surface area contributed by atoms with Crippen molar-refractivity contribution >= 4 is 17.9 Å². The molecule has 1 atom stereocenters. The molecule has 6 nitrogen and oxygen atoms in total. The van der Waals surface area contributed by atoms with E-state index >= 15 is 0 Å². The highest BCUT2D eigenvalue weighted by Crippen LogP contribution is 2.13. The molecule has 302 valence electrons. The number of ether oxygens (including phenoxy) is 3. The zero-order valence-corrected chi connectivity index (χ0v) is 34.3. The van der Waals surface area contributed by atoms with E-state index in [0.29, 0.717) is 19.3 Å². The van der Waals surface area contributed by atoms with Crippen LogP contribution in [0, 0.1) is 0 Å². The van der Waals surface area contributed by atoms with Crippen molar-refractivity contribution in [3.63, 3.8) is 0 Å². The van der Waals surface area contributed by atoms with Gasteiger partial charge in [0.25, 0.3) is 0 Å². The minimum Gasteiger partial charge on any atom is -0.462 e. The van der Waals surface area contributed by atoms with E-state index in [1.165, 1.54) is 96.3 Å². The van der Waals surface area contributed by atoms with E-state index in [-0.39, 0.29) is 31.1 Å². The fourth-order valence-corrected chi connectivity index (χ4v) is 5.93. The van der Waals surface area contributed by atoms with Crippen molar-refractivity contribution in [2.24, 2.45) is 0 Å². The van der Waals surface area contributed by atoms with Gasteiger partial charge in [-0.25, -0.2) is 0 Å². The number of hydrogen-bond donors (Lipinski definition) is 0. The summed E-state index contributed by atoms with van der Waals surface area (Å²) < 4.78 is 16.6. The third-order valence-corrected chi connectivity index (χ3v) is 9.34. The lowest BCUT2D eigenvalue weighted by Gasteiger charge is -2.18. The Balaban J connectivity index is 4.40. The molecule has 0 aromatic rings. The molecule has 0 radical (unpaired) electrons. The molecule has 0 fully saturated rings. The Morgan fingerprint density at radius 3 is 1.02 bits per heavy atom. The minimum absolute atomic E-state index is 0.0822. The lowest BCUT2D eigenvalue weighted by Crippen LogP contribution is -2.30. The average molecular weight is 731 g/mol. The number of carbonyl (C=O) groups is 3. The SMILES string of the molecule is CCCC/C=C\CCCCCCCC(=O)OCC(COC(=O)CCCCCCC/C=C\CCCCC)OC(=O)CCCCCCC/C=C\CCCC. The van der Waals surface area contributed by atoms with Crippen LogP contribution in [0.15, 0.2) is 36.5 Å². The summed E-state index contributed by atoms with van der Waals surface area (Å²) in [5, 5.41) is 0. The Bertz CT molecular complexity index is 891. The predicted molar refractivity (Wildman–Crippen MR) is 219 cm³/mol. The van der Waals surface area contributed by atoms with Gasteiger partial charge >= 0.3 is 17.9 Å². The molecule has 0 aliphatic carbocycles. The summed E-state index contributed by atoms with van der Waals surface area (Å²) in [5.41, 5.74) is 0. The number of hydrogen-bond acceptors (Lipinski definition) is 6. The van der Waals surface area contributed by atoms with E-state index < -0.39 is 6.10 Å². The van der Waals surface area contributed by atoms with Crippen LogP contribution in [-0.4, -0.2) is 37.2 Å². The second kappa shape index (κ2) is 41.4. The molecule has 0 N–H and O–H groups in total. The summed E-state index contributed by atoms with van der Waals surface area (Å²) >= 11 is 0. The van der Waals surface area contributed by atoms with Gasteiger partial charge in [-0.15, -0.1) is 0 Å². The Morgan fingerprint density at radius 2 is 0.654 bits per heavy atom. The molecule has 0 aromatic carbocycles. The van der Waals surface area contributed by atoms with Gasteiger partial charge in [-0.1, -0.05) is 154 Å². The molecule has 0 amide bonds. The molecule has 0 bridgehead atoms. The first kappa shape index (κ1) is 49.6. The Kier molecular flexibility index (Phi) is 39.5. The molecule has 0 rings (SSSR count). The van der Waals surface area contributed by atoms with Gasteiger partial charge in [0.05, 0.1) is 0 Å². The Morgan fingerprint density at radius 1 is 0.365 bits per heavy atom. The quantitative estimate of drug-likeness (QED) is 0.0271. The van der Waals surface area contributed by atoms with Gasteiger partial charge in [-0.05, 0) is 83.5 Å². The number of rotatable bonds is 39. The lowest BCUT2D eigenvalue weighted by molar-refractivity contribution is -0.167. The number of carbonyl (C=O) groups excluding carboxylic acids is 3. The van der Waals surface area contributed by atoms with Gasteiger partial charge < -0.3 is 14.2 Å². The van der Waals surface area contributed by atoms with E-state index in [2.05, 4.69) is 57.2 Å². The summed E-state index contributed by atoms with van der Waals surface area (Å²) in [5.74, 6) is -0.913. The number of esters is 3. The normalized spacial score (nSPS) is 12.3. The van der Waals surface area contributed by atoms with Crippen LogP contribution in [0.1, 0.15) is 220 Å². The smallest absolute Gasteiger partial charge is 0.306 e. The summed E-state index contributed by atoms with van der Waals surface area (Å²) in [6.45, 7) is 6.50. The highest BCUT2D eigenvalue weighted by atomic mass is 16.6. The standard InChI is InChI=1S/C46H82O6/c1-4-7-10-13-16-19-22-25-27-30-33-36-39-45(48)51-42-43(52-46(49)40-37-34-31-28-24-21-18-15-12-9-6-3)41-50-44(47)38-35-32-29-26-23-20-17-14-11-8-5-2/h14-19,43H,4-13,20-42H2,1-3H3/b17-14-,18-15-,19-16-. The molecule has 0 saturated heterocycles. The van der Waals surface area contributed by atoms with Crippen LogP contribution in [0.2, 0.25) is 0 Å². The molecule has 6 heteroatoms. The Hall–Kier alpha value is -2.37. The zero-order valence-electron chi connectivity index (χ0n) is 34.3. The maximum atomic E-state index is 12.7. The van der Waals surface area contributed by atoms with Crippen LogP contribution in [0.5, 0.6) is 0 Å². The maximum Gasteiger partial charge on any atom is 0.306 e. The summed E-state index contributed by atoms with van der Waals surface area (Å²) in [4.78, 5) is 37.6. The van der Waals surface area contributed by atoms with Crippen molar-refractivity contribution in [2.45, 2.75) is 226 Å². The fraction of sp³-hybridized carbons (Fsp3) is 0.804. The predicted octanol–water partition coefficient (Wildman–Crippen LogP) is 13.8. The van der Waals surface area contributed by atoms with Gasteiger partial charge in [0, 0.05) is 19.3 Å². The summed E-state index contributed by atoms with van der Waals surface area (Å²) in [6, 6.07) is 0. The van der Waals surface area contributed by atoms with Gasteiger partial charge in [0.2, 0.25) is 0 Å². The second-order valence-electron chi connectivity index (χ2n) is 14.6. The van der Waals surface area contributed by atoms with E-state index in [9.17, 15) is 14.4 Å². The van der Waals surface area contributed by atoms with Crippen LogP contribution >= 0.6 is 0 Å². The van der Waals surface area contributed by atoms with Crippen molar-refractivity contribution in [1.29, 1.82) is 0 Å². The first-order valence-electron chi connectivity index (χ1n) is 22.0. The molecule has 0 saturated carbocycles. The monoisotopic (exact) mass is 731 g/mol. The van der Waals surface area contributed by atoms with Crippen LogP contribution in [0.4, 0.5) is 0 Å².